The second-order valence-electron chi connectivity index (χ2n) is 2.85. The number of benzene rings is 1. The van der Waals surface area contributed by atoms with Crippen LogP contribution in [0, 0.1) is 23.3 Å². The summed E-state index contributed by atoms with van der Waals surface area (Å²) in [5.74, 6) is -6.16. The Balaban J connectivity index is 3.27. The molecule has 0 aliphatic carbocycles. The Hall–Kier alpha value is -1.66. The third-order valence-electron chi connectivity index (χ3n) is 1.41. The average Bonchev–Trinajstić information content (AvgIpc) is 2.14. The van der Waals surface area contributed by atoms with Crippen molar-refractivity contribution in [1.29, 1.82) is 0 Å². The molecular formula is C8H7F4N3. The molecule has 0 atom stereocenters. The first kappa shape index (κ1) is 11.4. The summed E-state index contributed by atoms with van der Waals surface area (Å²) in [6.45, 7) is 0. The van der Waals surface area contributed by atoms with Crippen molar-refractivity contribution in [3.63, 3.8) is 0 Å². The molecule has 0 heterocycles. The Morgan fingerprint density at radius 3 is 1.87 bits per heavy atom. The van der Waals surface area contributed by atoms with Gasteiger partial charge in [0.1, 0.15) is 0 Å². The third kappa shape index (κ3) is 2.42. The van der Waals surface area contributed by atoms with E-state index in [2.05, 4.69) is 10.3 Å². The Morgan fingerprint density at radius 1 is 1.00 bits per heavy atom. The molecular weight excluding hydrogens is 214 g/mol. The van der Waals surface area contributed by atoms with Gasteiger partial charge in [-0.1, -0.05) is 5.22 Å². The predicted octanol–water partition coefficient (Wildman–Crippen LogP) is 2.80. The minimum atomic E-state index is -1.57. The van der Waals surface area contributed by atoms with Gasteiger partial charge in [-0.25, -0.2) is 17.6 Å². The highest BCUT2D eigenvalue weighted by atomic mass is 19.2. The van der Waals surface area contributed by atoms with Crippen LogP contribution in [0.4, 0.5) is 23.2 Å². The van der Waals surface area contributed by atoms with Crippen molar-refractivity contribution in [3.8, 4) is 0 Å². The predicted molar refractivity (Wildman–Crippen MR) is 44.5 cm³/mol. The van der Waals surface area contributed by atoms with Gasteiger partial charge in [-0.3, -0.25) is 5.01 Å². The zero-order valence-electron chi connectivity index (χ0n) is 7.93. The van der Waals surface area contributed by atoms with Crippen molar-refractivity contribution >= 4 is 5.69 Å². The topological polar surface area (TPSA) is 28.0 Å². The molecule has 0 aliphatic heterocycles. The summed E-state index contributed by atoms with van der Waals surface area (Å²) < 4.78 is 51.2. The summed E-state index contributed by atoms with van der Waals surface area (Å²) in [7, 11) is 2.88. The van der Waals surface area contributed by atoms with Gasteiger partial charge >= 0.3 is 0 Å². The van der Waals surface area contributed by atoms with Crippen LogP contribution >= 0.6 is 0 Å². The summed E-state index contributed by atoms with van der Waals surface area (Å²) in [5, 5.41) is 7.42. The molecule has 0 fully saturated rings. The highest BCUT2D eigenvalue weighted by Gasteiger charge is 2.18. The molecule has 0 radical (unpaired) electrons. The molecule has 0 aliphatic rings. The van der Waals surface area contributed by atoms with E-state index in [-0.39, 0.29) is 6.07 Å². The summed E-state index contributed by atoms with van der Waals surface area (Å²) in [5.41, 5.74) is -1.08. The Labute approximate surface area is 83.0 Å². The second kappa shape index (κ2) is 4.24. The molecule has 0 saturated heterocycles. The fraction of sp³-hybridized carbons (Fsp3) is 0.250. The second-order valence-corrected chi connectivity index (χ2v) is 2.85. The van der Waals surface area contributed by atoms with E-state index in [9.17, 15) is 17.6 Å². The Morgan fingerprint density at radius 2 is 1.47 bits per heavy atom. The lowest BCUT2D eigenvalue weighted by atomic mass is 10.3. The molecule has 0 bridgehead atoms. The highest BCUT2D eigenvalue weighted by molar-refractivity contribution is 5.40. The molecule has 0 spiro atoms. The van der Waals surface area contributed by atoms with E-state index in [4.69, 9.17) is 0 Å². The van der Waals surface area contributed by atoms with Gasteiger partial charge < -0.3 is 0 Å². The lowest BCUT2D eigenvalue weighted by molar-refractivity contribution is 0.401. The monoisotopic (exact) mass is 221 g/mol. The molecule has 0 saturated carbocycles. The van der Waals surface area contributed by atoms with Gasteiger partial charge in [0, 0.05) is 20.2 Å². The largest absolute Gasteiger partial charge is 0.285 e. The first-order valence-electron chi connectivity index (χ1n) is 3.85. The number of nitrogens with zero attached hydrogens (tertiary/aromatic N) is 3. The number of rotatable bonds is 2. The fourth-order valence-corrected chi connectivity index (χ4v) is 0.783. The highest BCUT2D eigenvalue weighted by Crippen LogP contribution is 2.26. The zero-order chi connectivity index (χ0) is 11.6. The molecule has 82 valence electrons. The van der Waals surface area contributed by atoms with Crippen molar-refractivity contribution in [2.24, 2.45) is 10.3 Å². The van der Waals surface area contributed by atoms with Crippen molar-refractivity contribution in [2.75, 3.05) is 14.1 Å². The Kier molecular flexibility index (Phi) is 3.23. The first-order valence-corrected chi connectivity index (χ1v) is 3.85. The number of hydrogen-bond acceptors (Lipinski definition) is 2. The normalized spacial score (nSPS) is 11.1. The molecule has 1 rings (SSSR count). The maximum absolute atomic E-state index is 12.9. The molecule has 0 N–H and O–H groups in total. The molecule has 7 heteroatoms. The summed E-state index contributed by atoms with van der Waals surface area (Å²) >= 11 is 0. The minimum absolute atomic E-state index is 0.110. The van der Waals surface area contributed by atoms with Gasteiger partial charge in [-0.2, -0.15) is 0 Å². The molecule has 1 aromatic rings. The van der Waals surface area contributed by atoms with Gasteiger partial charge in [0.15, 0.2) is 29.0 Å². The minimum Gasteiger partial charge on any atom is -0.285 e. The smallest absolute Gasteiger partial charge is 0.189 e. The van der Waals surface area contributed by atoms with Crippen molar-refractivity contribution in [3.05, 3.63) is 29.3 Å². The van der Waals surface area contributed by atoms with Crippen LogP contribution in [0.2, 0.25) is 0 Å². The van der Waals surface area contributed by atoms with Gasteiger partial charge in [-0.15, -0.1) is 5.11 Å². The average molecular weight is 221 g/mol. The van der Waals surface area contributed by atoms with Crippen LogP contribution in [-0.2, 0) is 0 Å². The van der Waals surface area contributed by atoms with Crippen molar-refractivity contribution in [1.82, 2.24) is 5.01 Å². The van der Waals surface area contributed by atoms with E-state index in [0.29, 0.717) is 0 Å². The van der Waals surface area contributed by atoms with Crippen LogP contribution in [0.5, 0.6) is 0 Å². The van der Waals surface area contributed by atoms with Crippen LogP contribution in [0.15, 0.2) is 16.4 Å². The van der Waals surface area contributed by atoms with Crippen LogP contribution in [0.1, 0.15) is 0 Å². The first-order chi connectivity index (χ1) is 6.93. The standard InChI is InChI=1S/C8H7F4N3/c1-15(2)14-13-8-6(11)4(9)3-5(10)7(8)12/h3H,1-2H3. The summed E-state index contributed by atoms with van der Waals surface area (Å²) in [4.78, 5) is 0. The van der Waals surface area contributed by atoms with E-state index in [0.717, 1.165) is 5.01 Å². The van der Waals surface area contributed by atoms with Gasteiger partial charge in [0.05, 0.1) is 0 Å². The van der Waals surface area contributed by atoms with Gasteiger partial charge in [-0.05, 0) is 0 Å². The number of hydrogen-bond donors (Lipinski definition) is 0. The van der Waals surface area contributed by atoms with Gasteiger partial charge in [0.25, 0.3) is 0 Å². The van der Waals surface area contributed by atoms with Gasteiger partial charge in [0.2, 0.25) is 0 Å². The van der Waals surface area contributed by atoms with E-state index >= 15 is 0 Å². The van der Waals surface area contributed by atoms with E-state index in [1.165, 1.54) is 14.1 Å². The van der Waals surface area contributed by atoms with Crippen molar-refractivity contribution < 1.29 is 17.6 Å². The molecule has 0 unspecified atom stereocenters. The number of halogens is 4. The maximum Gasteiger partial charge on any atom is 0.189 e. The SMILES string of the molecule is CN(C)N=Nc1c(F)c(F)cc(F)c1F. The quantitative estimate of drug-likeness (QED) is 0.326. The van der Waals surface area contributed by atoms with Crippen LogP contribution in [0.3, 0.4) is 0 Å². The molecule has 1 aromatic carbocycles. The molecule has 3 nitrogen and oxygen atoms in total. The summed E-state index contributed by atoms with van der Waals surface area (Å²) in [6.07, 6.45) is 0. The van der Waals surface area contributed by atoms with Crippen LogP contribution < -0.4 is 0 Å². The molecule has 15 heavy (non-hydrogen) atoms. The lowest BCUT2D eigenvalue weighted by Gasteiger charge is -2.03. The third-order valence-corrected chi connectivity index (χ3v) is 1.41. The van der Waals surface area contributed by atoms with Crippen molar-refractivity contribution in [2.45, 2.75) is 0 Å². The van der Waals surface area contributed by atoms with E-state index in [1.54, 1.807) is 0 Å². The van der Waals surface area contributed by atoms with Crippen LogP contribution in [0.25, 0.3) is 0 Å². The molecule has 0 aromatic heterocycles. The fourth-order valence-electron chi connectivity index (χ4n) is 0.783. The van der Waals surface area contributed by atoms with Crippen LogP contribution in [-0.4, -0.2) is 19.1 Å². The lowest BCUT2D eigenvalue weighted by Crippen LogP contribution is -2.00. The van der Waals surface area contributed by atoms with E-state index in [1.807, 2.05) is 0 Å². The zero-order valence-corrected chi connectivity index (χ0v) is 7.93. The van der Waals surface area contributed by atoms with E-state index < -0.39 is 29.0 Å². The maximum atomic E-state index is 12.9. The summed E-state index contributed by atoms with van der Waals surface area (Å²) in [6, 6.07) is 0.110. The molecule has 0 amide bonds. The Bertz CT molecular complexity index is 377.